The van der Waals surface area contributed by atoms with Crippen LogP contribution in [0.15, 0.2) is 138 Å². The van der Waals surface area contributed by atoms with Crippen molar-refractivity contribution in [3.63, 3.8) is 0 Å². The summed E-state index contributed by atoms with van der Waals surface area (Å²) in [6, 6.07) is 39.6. The van der Waals surface area contributed by atoms with Crippen molar-refractivity contribution >= 4 is 15.9 Å². The summed E-state index contributed by atoms with van der Waals surface area (Å²) >= 11 is 0. The SMILES string of the molecule is Cc1ccc(S(=O)(=O)N[C@H](Cc2ccccc2)C(=O)NCc2ccc([C@@H]3O[C@H](CN(C)[C@@H](C)[C@H](O)c4ccccc4)[C@H](C)[C@H](c4ccc(CO)cc4)O3)cc2)cc1. The number of carbonyl (C=O) groups is 1. The zero-order chi connectivity index (χ0) is 40.5. The van der Waals surface area contributed by atoms with Crippen molar-refractivity contribution < 1.29 is 32.9 Å². The van der Waals surface area contributed by atoms with E-state index in [1.165, 1.54) is 12.1 Å². The van der Waals surface area contributed by atoms with Crippen LogP contribution in [0.5, 0.6) is 0 Å². The van der Waals surface area contributed by atoms with E-state index in [2.05, 4.69) is 21.9 Å². The van der Waals surface area contributed by atoms with Crippen molar-refractivity contribution in [3.8, 4) is 0 Å². The number of amides is 1. The summed E-state index contributed by atoms with van der Waals surface area (Å²) in [5.74, 6) is -0.494. The molecule has 0 spiro atoms. The molecule has 1 amide bonds. The molecule has 7 atom stereocenters. The fourth-order valence-electron chi connectivity index (χ4n) is 7.06. The van der Waals surface area contributed by atoms with Crippen molar-refractivity contribution in [2.45, 2.75) is 81.9 Å². The molecule has 0 saturated carbocycles. The van der Waals surface area contributed by atoms with E-state index in [4.69, 9.17) is 9.47 Å². The molecule has 300 valence electrons. The summed E-state index contributed by atoms with van der Waals surface area (Å²) in [5, 5.41) is 23.8. The van der Waals surface area contributed by atoms with E-state index in [9.17, 15) is 23.4 Å². The van der Waals surface area contributed by atoms with Crippen molar-refractivity contribution in [2.75, 3.05) is 13.6 Å². The highest BCUT2D eigenvalue weighted by atomic mass is 32.2. The summed E-state index contributed by atoms with van der Waals surface area (Å²) in [6.45, 7) is 6.66. The molecule has 0 aliphatic carbocycles. The molecule has 1 heterocycles. The molecule has 57 heavy (non-hydrogen) atoms. The average Bonchev–Trinajstić information content (AvgIpc) is 3.23. The number of ether oxygens (including phenoxy) is 2. The van der Waals surface area contributed by atoms with Crippen molar-refractivity contribution in [1.29, 1.82) is 0 Å². The van der Waals surface area contributed by atoms with Crippen LogP contribution in [0.4, 0.5) is 0 Å². The minimum Gasteiger partial charge on any atom is -0.392 e. The fraction of sp³-hybridized carbons (Fsp3) is 0.326. The smallest absolute Gasteiger partial charge is 0.241 e. The number of benzene rings is 5. The third-order valence-corrected chi connectivity index (χ3v) is 12.3. The van der Waals surface area contributed by atoms with Crippen LogP contribution < -0.4 is 10.0 Å². The molecule has 5 aromatic rings. The van der Waals surface area contributed by atoms with Gasteiger partial charge in [0.15, 0.2) is 6.29 Å². The first-order valence-corrected chi connectivity index (χ1v) is 20.8. The van der Waals surface area contributed by atoms with Gasteiger partial charge in [-0.1, -0.05) is 134 Å². The van der Waals surface area contributed by atoms with Gasteiger partial charge in [0.25, 0.3) is 0 Å². The third kappa shape index (κ3) is 10.8. The zero-order valence-electron chi connectivity index (χ0n) is 32.9. The van der Waals surface area contributed by atoms with Gasteiger partial charge in [0.1, 0.15) is 6.04 Å². The summed E-state index contributed by atoms with van der Waals surface area (Å²) < 4.78 is 42.7. The predicted molar refractivity (Wildman–Crippen MR) is 220 cm³/mol. The number of rotatable bonds is 16. The lowest BCUT2D eigenvalue weighted by molar-refractivity contribution is -0.276. The number of sulfonamides is 1. The second-order valence-electron chi connectivity index (χ2n) is 15.0. The standard InChI is InChI=1S/C46H53N3O7S/c1-31-15-25-40(26-16-31)57(53,54)48-41(27-34-11-7-5-8-12-34)45(52)47-28-35-17-23-39(24-18-35)46-55-42(29-49(4)33(3)43(51)37-13-9-6-10-14-37)32(2)44(56-46)38-21-19-36(30-50)20-22-38/h5-26,32-33,41-44,46,48,50-51H,27-30H2,1-4H3,(H,47,52)/t32-,33-,41+,42+,43-,44+,46+/m0/s1. The molecule has 0 unspecified atom stereocenters. The van der Waals surface area contributed by atoms with E-state index in [1.54, 1.807) is 12.1 Å². The Kier molecular flexibility index (Phi) is 14.1. The van der Waals surface area contributed by atoms with E-state index >= 15 is 0 Å². The number of aliphatic hydroxyl groups is 2. The Morgan fingerprint density at radius 2 is 1.39 bits per heavy atom. The maximum Gasteiger partial charge on any atom is 0.241 e. The van der Waals surface area contributed by atoms with Crippen LogP contribution in [-0.2, 0) is 43.9 Å². The van der Waals surface area contributed by atoms with Gasteiger partial charge in [-0.05, 0) is 67.3 Å². The van der Waals surface area contributed by atoms with Crippen LogP contribution in [0.2, 0.25) is 0 Å². The summed E-state index contributed by atoms with van der Waals surface area (Å²) in [6.07, 6.45) is -1.78. The monoisotopic (exact) mass is 791 g/mol. The second kappa shape index (κ2) is 19.1. The molecule has 1 fully saturated rings. The van der Waals surface area contributed by atoms with Gasteiger partial charge in [-0.3, -0.25) is 9.69 Å². The van der Waals surface area contributed by atoms with E-state index < -0.39 is 34.4 Å². The molecule has 1 saturated heterocycles. The molecule has 4 N–H and O–H groups in total. The number of nitrogens with zero attached hydrogens (tertiary/aromatic N) is 1. The Morgan fingerprint density at radius 3 is 2.02 bits per heavy atom. The van der Waals surface area contributed by atoms with E-state index in [-0.39, 0.29) is 48.6 Å². The maximum atomic E-state index is 13.6. The Balaban J connectivity index is 1.16. The number of aryl methyl sites for hydroxylation is 1. The van der Waals surface area contributed by atoms with Crippen molar-refractivity contribution in [1.82, 2.24) is 14.9 Å². The highest BCUT2D eigenvalue weighted by Gasteiger charge is 2.39. The van der Waals surface area contributed by atoms with Gasteiger partial charge >= 0.3 is 0 Å². The number of hydrogen-bond acceptors (Lipinski definition) is 8. The fourth-order valence-corrected chi connectivity index (χ4v) is 8.26. The molecule has 6 rings (SSSR count). The lowest BCUT2D eigenvalue weighted by Gasteiger charge is -2.43. The van der Waals surface area contributed by atoms with E-state index in [0.717, 1.165) is 38.9 Å². The normalized spacial score (nSPS) is 20.1. The maximum absolute atomic E-state index is 13.6. The number of nitrogens with one attached hydrogen (secondary N) is 2. The Morgan fingerprint density at radius 1 is 0.789 bits per heavy atom. The molecule has 11 heteroatoms. The topological polar surface area (TPSA) is 137 Å². The Bertz CT molecular complexity index is 2140. The van der Waals surface area contributed by atoms with Gasteiger partial charge in [-0.25, -0.2) is 8.42 Å². The number of hydrogen-bond donors (Lipinski definition) is 4. The molecule has 0 bridgehead atoms. The van der Waals surface area contributed by atoms with Gasteiger partial charge in [-0.15, -0.1) is 0 Å². The number of carbonyl (C=O) groups excluding carboxylic acids is 1. The molecule has 5 aromatic carbocycles. The molecule has 10 nitrogen and oxygen atoms in total. The average molecular weight is 792 g/mol. The molecule has 1 aliphatic heterocycles. The van der Waals surface area contributed by atoms with Gasteiger partial charge < -0.3 is 25.0 Å². The largest absolute Gasteiger partial charge is 0.392 e. The second-order valence-corrected chi connectivity index (χ2v) is 16.7. The first kappa shape index (κ1) is 41.9. The predicted octanol–water partition coefficient (Wildman–Crippen LogP) is 6.54. The molecule has 0 aromatic heterocycles. The van der Waals surface area contributed by atoms with Crippen molar-refractivity contribution in [2.24, 2.45) is 5.92 Å². The quantitative estimate of drug-likeness (QED) is 0.0885. The molecular formula is C46H53N3O7S. The third-order valence-electron chi connectivity index (χ3n) is 10.8. The van der Waals surface area contributed by atoms with Gasteiger partial charge in [0, 0.05) is 30.6 Å². The number of aliphatic hydroxyl groups excluding tert-OH is 2. The zero-order valence-corrected chi connectivity index (χ0v) is 33.7. The summed E-state index contributed by atoms with van der Waals surface area (Å²) in [7, 11) is -1.98. The molecular weight excluding hydrogens is 739 g/mol. The first-order valence-electron chi connectivity index (χ1n) is 19.3. The van der Waals surface area contributed by atoms with Crippen LogP contribution in [0.1, 0.15) is 71.3 Å². The summed E-state index contributed by atoms with van der Waals surface area (Å²) in [5.41, 5.74) is 6.00. The molecule has 0 radical (unpaired) electrons. The first-order chi connectivity index (χ1) is 27.4. The van der Waals surface area contributed by atoms with Gasteiger partial charge in [0.05, 0.1) is 29.8 Å². The van der Waals surface area contributed by atoms with Gasteiger partial charge in [0.2, 0.25) is 15.9 Å². The van der Waals surface area contributed by atoms with E-state index in [0.29, 0.717) is 6.54 Å². The van der Waals surface area contributed by atoms with Gasteiger partial charge in [-0.2, -0.15) is 4.72 Å². The van der Waals surface area contributed by atoms with Crippen LogP contribution in [0.25, 0.3) is 0 Å². The molecule has 1 aliphatic rings. The minimum absolute atomic E-state index is 0.0495. The Hall–Kier alpha value is -4.72. The van der Waals surface area contributed by atoms with Crippen LogP contribution >= 0.6 is 0 Å². The van der Waals surface area contributed by atoms with Crippen LogP contribution in [-0.4, -0.2) is 61.2 Å². The van der Waals surface area contributed by atoms with E-state index in [1.807, 2.05) is 130 Å². The lowest BCUT2D eigenvalue weighted by atomic mass is 9.89. The van der Waals surface area contributed by atoms with Crippen molar-refractivity contribution in [3.05, 3.63) is 172 Å². The van der Waals surface area contributed by atoms with Crippen LogP contribution in [0, 0.1) is 12.8 Å². The summed E-state index contributed by atoms with van der Waals surface area (Å²) in [4.78, 5) is 15.8. The lowest BCUT2D eigenvalue weighted by Crippen LogP contribution is -2.47. The Labute approximate surface area is 336 Å². The highest BCUT2D eigenvalue weighted by molar-refractivity contribution is 7.89. The highest BCUT2D eigenvalue weighted by Crippen LogP contribution is 2.42. The minimum atomic E-state index is -3.97. The number of likely N-dealkylation sites (N-methyl/N-ethyl adjacent to an activating group) is 1. The van der Waals surface area contributed by atoms with Crippen LogP contribution in [0.3, 0.4) is 0 Å².